The van der Waals surface area contributed by atoms with E-state index in [-0.39, 0.29) is 38.6 Å². The minimum absolute atomic E-state index is 0.0268. The van der Waals surface area contributed by atoms with Crippen molar-refractivity contribution in [3.63, 3.8) is 0 Å². The van der Waals surface area contributed by atoms with Crippen LogP contribution >= 0.6 is 11.3 Å². The summed E-state index contributed by atoms with van der Waals surface area (Å²) in [5.74, 6) is -2.70. The lowest BCUT2D eigenvalue weighted by atomic mass is 10.0. The third-order valence-corrected chi connectivity index (χ3v) is 7.38. The Morgan fingerprint density at radius 1 is 1.05 bits per heavy atom. The maximum atomic E-state index is 13.8. The van der Waals surface area contributed by atoms with E-state index in [9.17, 15) is 35.9 Å². The molecule has 16 heteroatoms. The van der Waals surface area contributed by atoms with Gasteiger partial charge >= 0.3 is 12.4 Å². The van der Waals surface area contributed by atoms with Gasteiger partial charge in [0, 0.05) is 28.9 Å². The predicted molar refractivity (Wildman–Crippen MR) is 135 cm³/mol. The van der Waals surface area contributed by atoms with E-state index >= 15 is 0 Å². The zero-order valence-electron chi connectivity index (χ0n) is 21.5. The summed E-state index contributed by atoms with van der Waals surface area (Å²) in [6.45, 7) is 6.49. The molecule has 0 aliphatic heterocycles. The number of nitrogens with two attached hydrogens (primary N) is 1. The van der Waals surface area contributed by atoms with Gasteiger partial charge < -0.3 is 11.1 Å². The topological polar surface area (TPSA) is 121 Å². The predicted octanol–water partition coefficient (Wildman–Crippen LogP) is 5.40. The van der Waals surface area contributed by atoms with Crippen LogP contribution in [0, 0.1) is 19.8 Å². The Kier molecular flexibility index (Phi) is 7.42. The van der Waals surface area contributed by atoms with Gasteiger partial charge in [-0.3, -0.25) is 19.0 Å². The Labute approximate surface area is 227 Å². The van der Waals surface area contributed by atoms with Crippen LogP contribution in [0.25, 0.3) is 21.3 Å². The van der Waals surface area contributed by atoms with Gasteiger partial charge in [0.25, 0.3) is 5.91 Å². The average molecular weight is 588 g/mol. The lowest BCUT2D eigenvalue weighted by Crippen LogP contribution is -2.26. The molecule has 0 aromatic carbocycles. The molecule has 4 aromatic rings. The van der Waals surface area contributed by atoms with Gasteiger partial charge in [0.2, 0.25) is 5.91 Å². The number of thiophene rings is 1. The number of primary amides is 1. The highest BCUT2D eigenvalue weighted by atomic mass is 32.1. The van der Waals surface area contributed by atoms with Gasteiger partial charge in [-0.2, -0.15) is 36.5 Å². The van der Waals surface area contributed by atoms with Crippen molar-refractivity contribution in [3.05, 3.63) is 46.0 Å². The highest BCUT2D eigenvalue weighted by Crippen LogP contribution is 2.44. The molecule has 0 radical (unpaired) electrons. The molecule has 1 atom stereocenters. The summed E-state index contributed by atoms with van der Waals surface area (Å²) in [5.41, 5.74) is 4.11. The first-order valence-corrected chi connectivity index (χ1v) is 12.6. The normalized spacial score (nSPS) is 13.2. The van der Waals surface area contributed by atoms with Crippen LogP contribution in [-0.4, -0.2) is 36.4 Å². The molecule has 0 fully saturated rings. The lowest BCUT2D eigenvalue weighted by Gasteiger charge is -2.15. The Bertz CT molecular complexity index is 1620. The number of anilines is 1. The smallest absolute Gasteiger partial charge is 0.365 e. The summed E-state index contributed by atoms with van der Waals surface area (Å²) >= 11 is 0.586. The molecule has 4 aromatic heterocycles. The third-order valence-electron chi connectivity index (χ3n) is 6.28. The number of halogens is 6. The van der Waals surface area contributed by atoms with Gasteiger partial charge in [0.15, 0.2) is 5.69 Å². The van der Waals surface area contributed by atoms with Crippen LogP contribution in [0.3, 0.4) is 0 Å². The molecule has 40 heavy (non-hydrogen) atoms. The summed E-state index contributed by atoms with van der Waals surface area (Å²) in [5, 5.41) is 10.3. The van der Waals surface area contributed by atoms with Gasteiger partial charge in [-0.15, -0.1) is 11.3 Å². The molecule has 0 bridgehead atoms. The summed E-state index contributed by atoms with van der Waals surface area (Å²) in [4.78, 5) is 28.8. The average Bonchev–Trinajstić information content (AvgIpc) is 3.52. The number of carbonyl (C=O) groups is 2. The second kappa shape index (κ2) is 10.2. The molecule has 1 unspecified atom stereocenters. The molecule has 0 spiro atoms. The Morgan fingerprint density at radius 2 is 1.70 bits per heavy atom. The van der Waals surface area contributed by atoms with Gasteiger partial charge in [-0.25, -0.2) is 4.98 Å². The van der Waals surface area contributed by atoms with E-state index in [1.165, 1.54) is 20.0 Å². The molecule has 0 saturated heterocycles. The number of pyridine rings is 1. The number of fused-ring (bicyclic) bond motifs is 1. The second-order valence-corrected chi connectivity index (χ2v) is 10.1. The third kappa shape index (κ3) is 5.39. The zero-order valence-corrected chi connectivity index (χ0v) is 22.3. The molecule has 4 rings (SSSR count). The van der Waals surface area contributed by atoms with E-state index in [0.29, 0.717) is 29.1 Å². The minimum atomic E-state index is -4.82. The molecule has 214 valence electrons. The molecular formula is C24H23F6N7O2S. The summed E-state index contributed by atoms with van der Waals surface area (Å²) in [6.07, 6.45) is -8.11. The fourth-order valence-corrected chi connectivity index (χ4v) is 5.21. The van der Waals surface area contributed by atoms with Crippen molar-refractivity contribution in [2.24, 2.45) is 11.7 Å². The van der Waals surface area contributed by atoms with Crippen LogP contribution in [0.4, 0.5) is 32.0 Å². The standard InChI is InChI=1S/C24H23F6N7O2S/c1-5-36-12(4)14(8-32-36)13-7-15(23(25,26)27)33-22-17(13)18(19(40-22)20(31)38)34-21(39)10(2)9-37-11(3)6-16(35-37)24(28,29)30/h6-8,10H,5,9H2,1-4H3,(H2,31,38)(H,34,39). The number of hydrogen-bond acceptors (Lipinski definition) is 6. The number of aromatic nitrogens is 5. The molecular weight excluding hydrogens is 564 g/mol. The molecule has 3 N–H and O–H groups in total. The maximum absolute atomic E-state index is 13.8. The van der Waals surface area contributed by atoms with E-state index < -0.39 is 41.5 Å². The van der Waals surface area contributed by atoms with Crippen molar-refractivity contribution in [2.75, 3.05) is 5.32 Å². The van der Waals surface area contributed by atoms with Crippen LogP contribution in [0.1, 0.15) is 46.3 Å². The first-order chi connectivity index (χ1) is 18.5. The maximum Gasteiger partial charge on any atom is 0.435 e. The minimum Gasteiger partial charge on any atom is -0.365 e. The Balaban J connectivity index is 1.82. The fourth-order valence-electron chi connectivity index (χ4n) is 4.20. The number of amides is 2. The number of carbonyl (C=O) groups excluding carboxylic acids is 2. The van der Waals surface area contributed by atoms with Gasteiger partial charge in [0.1, 0.15) is 15.4 Å². The highest BCUT2D eigenvalue weighted by Gasteiger charge is 2.36. The number of alkyl halides is 6. The van der Waals surface area contributed by atoms with E-state index in [4.69, 9.17) is 5.73 Å². The Hall–Kier alpha value is -3.95. The Morgan fingerprint density at radius 3 is 2.23 bits per heavy atom. The van der Waals surface area contributed by atoms with Gasteiger partial charge in [-0.1, -0.05) is 6.92 Å². The number of hydrogen-bond donors (Lipinski definition) is 2. The lowest BCUT2D eigenvalue weighted by molar-refractivity contribution is -0.142. The summed E-state index contributed by atoms with van der Waals surface area (Å²) < 4.78 is 83.0. The SMILES string of the molecule is CCn1ncc(-c2cc(C(F)(F)F)nc3sc(C(N)=O)c(NC(=O)C(C)Cn4nc(C(F)(F)F)cc4C)c23)c1C. The molecule has 9 nitrogen and oxygen atoms in total. The number of rotatable bonds is 7. The van der Waals surface area contributed by atoms with Crippen LogP contribution in [-0.2, 0) is 30.2 Å². The van der Waals surface area contributed by atoms with Crippen LogP contribution in [0.2, 0.25) is 0 Å². The van der Waals surface area contributed by atoms with Crippen LogP contribution in [0.15, 0.2) is 18.3 Å². The molecule has 0 aliphatic rings. The number of nitrogens with one attached hydrogen (secondary N) is 1. The monoisotopic (exact) mass is 587 g/mol. The molecule has 0 aliphatic carbocycles. The van der Waals surface area contributed by atoms with Crippen molar-refractivity contribution in [1.82, 2.24) is 24.5 Å². The molecule has 2 amide bonds. The molecule has 4 heterocycles. The largest absolute Gasteiger partial charge is 0.435 e. The number of aryl methyl sites for hydroxylation is 2. The van der Waals surface area contributed by atoms with Gasteiger partial charge in [0.05, 0.1) is 24.3 Å². The van der Waals surface area contributed by atoms with E-state index in [2.05, 4.69) is 20.5 Å². The van der Waals surface area contributed by atoms with E-state index in [0.717, 1.165) is 16.8 Å². The van der Waals surface area contributed by atoms with Crippen molar-refractivity contribution >= 4 is 39.1 Å². The molecule has 0 saturated carbocycles. The summed E-state index contributed by atoms with van der Waals surface area (Å²) in [6, 6.07) is 1.66. The zero-order chi connectivity index (χ0) is 29.7. The van der Waals surface area contributed by atoms with Crippen molar-refractivity contribution in [2.45, 2.75) is 53.1 Å². The summed E-state index contributed by atoms with van der Waals surface area (Å²) in [7, 11) is 0. The first-order valence-electron chi connectivity index (χ1n) is 11.8. The van der Waals surface area contributed by atoms with E-state index in [1.54, 1.807) is 18.5 Å². The fraction of sp³-hybridized carbons (Fsp3) is 0.375. The second-order valence-electron chi connectivity index (χ2n) is 9.10. The van der Waals surface area contributed by atoms with Crippen molar-refractivity contribution in [1.29, 1.82) is 0 Å². The van der Waals surface area contributed by atoms with Crippen molar-refractivity contribution < 1.29 is 35.9 Å². The van der Waals surface area contributed by atoms with E-state index in [1.807, 2.05) is 0 Å². The number of nitrogens with zero attached hydrogens (tertiary/aromatic N) is 5. The van der Waals surface area contributed by atoms with Crippen molar-refractivity contribution in [3.8, 4) is 11.1 Å². The quantitative estimate of drug-likeness (QED) is 0.281. The van der Waals surface area contributed by atoms with Crippen LogP contribution in [0.5, 0.6) is 0 Å². The highest BCUT2D eigenvalue weighted by molar-refractivity contribution is 7.21. The van der Waals surface area contributed by atoms with Gasteiger partial charge in [-0.05, 0) is 38.5 Å². The van der Waals surface area contributed by atoms with Crippen LogP contribution < -0.4 is 11.1 Å². The first kappa shape index (κ1) is 29.0.